The summed E-state index contributed by atoms with van der Waals surface area (Å²) < 4.78 is 15.7. The number of carbonyl (C=O) groups is 3. The van der Waals surface area contributed by atoms with Crippen molar-refractivity contribution in [3.05, 3.63) is 35.9 Å². The Bertz CT molecular complexity index is 746. The van der Waals surface area contributed by atoms with Gasteiger partial charge in [0, 0.05) is 12.1 Å². The third-order valence-electron chi connectivity index (χ3n) is 5.01. The van der Waals surface area contributed by atoms with Crippen LogP contribution in [0.1, 0.15) is 24.8 Å². The molecule has 1 aliphatic heterocycles. The number of amides is 2. The maximum absolute atomic E-state index is 12.4. The first kappa shape index (κ1) is 18.9. The van der Waals surface area contributed by atoms with Crippen LogP contribution in [0, 0.1) is 11.8 Å². The van der Waals surface area contributed by atoms with Gasteiger partial charge in [0.15, 0.2) is 0 Å². The number of carbonyl (C=O) groups excluding carboxylic acids is 3. The molecule has 2 amide bonds. The molecule has 0 unspecified atom stereocenters. The quantitative estimate of drug-likeness (QED) is 0.414. The molecule has 3 rings (SSSR count). The van der Waals surface area contributed by atoms with Crippen molar-refractivity contribution in [3.63, 3.8) is 0 Å². The lowest BCUT2D eigenvalue weighted by Gasteiger charge is -2.15. The minimum absolute atomic E-state index is 0.0241. The monoisotopic (exact) mass is 373 g/mol. The molecule has 0 spiro atoms. The number of nitrogens with zero attached hydrogens (tertiary/aromatic N) is 1. The van der Waals surface area contributed by atoms with Gasteiger partial charge in [0.05, 0.1) is 32.5 Å². The Labute approximate surface area is 157 Å². The highest BCUT2D eigenvalue weighted by molar-refractivity contribution is 6.05. The number of ether oxygens (including phenoxy) is 3. The van der Waals surface area contributed by atoms with Gasteiger partial charge in [-0.3, -0.25) is 19.3 Å². The number of hydrogen-bond donors (Lipinski definition) is 0. The average Bonchev–Trinajstić information content (AvgIpc) is 2.95. The number of benzene rings is 1. The lowest BCUT2D eigenvalue weighted by molar-refractivity contribution is -0.146. The summed E-state index contributed by atoms with van der Waals surface area (Å²) in [5.41, 5.74) is 0.676. The molecule has 0 radical (unpaired) electrons. The highest BCUT2D eigenvalue weighted by atomic mass is 16.5. The molecule has 0 N–H and O–H groups in total. The summed E-state index contributed by atoms with van der Waals surface area (Å²) in [4.78, 5) is 38.1. The van der Waals surface area contributed by atoms with Gasteiger partial charge >= 0.3 is 5.97 Å². The third-order valence-corrected chi connectivity index (χ3v) is 5.01. The molecule has 0 bridgehead atoms. The second-order valence-corrected chi connectivity index (χ2v) is 6.57. The van der Waals surface area contributed by atoms with Crippen LogP contribution < -0.4 is 9.47 Å². The largest absolute Gasteiger partial charge is 0.497 e. The third kappa shape index (κ3) is 3.97. The zero-order valence-electron chi connectivity index (χ0n) is 15.5. The predicted molar refractivity (Wildman–Crippen MR) is 96.0 cm³/mol. The molecule has 144 valence electrons. The molecular formula is C20H23NO6. The van der Waals surface area contributed by atoms with Crippen LogP contribution >= 0.6 is 0 Å². The Morgan fingerprint density at radius 1 is 1.07 bits per heavy atom. The summed E-state index contributed by atoms with van der Waals surface area (Å²) in [5, 5.41) is 0. The molecule has 1 fully saturated rings. The van der Waals surface area contributed by atoms with Gasteiger partial charge in [-0.25, -0.2) is 0 Å². The number of esters is 1. The van der Waals surface area contributed by atoms with Crippen molar-refractivity contribution in [2.75, 3.05) is 20.8 Å². The Morgan fingerprint density at radius 2 is 1.74 bits per heavy atom. The molecule has 1 saturated heterocycles. The summed E-state index contributed by atoms with van der Waals surface area (Å²) in [6, 6.07) is 5.22. The van der Waals surface area contributed by atoms with Crippen molar-refractivity contribution in [1.82, 2.24) is 4.90 Å². The van der Waals surface area contributed by atoms with E-state index in [1.54, 1.807) is 25.3 Å². The summed E-state index contributed by atoms with van der Waals surface area (Å²) in [7, 11) is 3.08. The molecule has 0 aromatic heterocycles. The minimum Gasteiger partial charge on any atom is -0.497 e. The van der Waals surface area contributed by atoms with Crippen molar-refractivity contribution in [2.45, 2.75) is 25.9 Å². The van der Waals surface area contributed by atoms with Crippen LogP contribution in [0.4, 0.5) is 0 Å². The fourth-order valence-corrected chi connectivity index (χ4v) is 3.52. The number of imide groups is 1. The Morgan fingerprint density at radius 3 is 2.33 bits per heavy atom. The molecule has 27 heavy (non-hydrogen) atoms. The average molecular weight is 373 g/mol. The van der Waals surface area contributed by atoms with Gasteiger partial charge in [-0.15, -0.1) is 0 Å². The van der Waals surface area contributed by atoms with Crippen LogP contribution in [0.2, 0.25) is 0 Å². The van der Waals surface area contributed by atoms with E-state index in [1.165, 1.54) is 12.0 Å². The second-order valence-electron chi connectivity index (χ2n) is 6.57. The molecule has 7 heteroatoms. The standard InChI is InChI=1S/C20H23NO6/c1-25-14-7-8-17(26-2)13(11-14)12-27-18(22)9-10-21-19(23)15-5-3-4-6-16(15)20(21)24/h3-4,7-8,11,15-16H,5-6,9-10,12H2,1-2H3/t15-,16+. The number of fused-ring (bicyclic) bond motifs is 1. The number of allylic oxidation sites excluding steroid dienone is 2. The van der Waals surface area contributed by atoms with E-state index in [2.05, 4.69) is 0 Å². The highest BCUT2D eigenvalue weighted by Gasteiger charge is 2.46. The van der Waals surface area contributed by atoms with Crippen molar-refractivity contribution in [1.29, 1.82) is 0 Å². The van der Waals surface area contributed by atoms with Crippen molar-refractivity contribution in [2.24, 2.45) is 11.8 Å². The molecule has 1 aliphatic carbocycles. The summed E-state index contributed by atoms with van der Waals surface area (Å²) in [5.74, 6) is -0.183. The fourth-order valence-electron chi connectivity index (χ4n) is 3.52. The fraction of sp³-hybridized carbons (Fsp3) is 0.450. The van der Waals surface area contributed by atoms with E-state index in [4.69, 9.17) is 14.2 Å². The first-order valence-corrected chi connectivity index (χ1v) is 8.92. The summed E-state index contributed by atoms with van der Waals surface area (Å²) in [6.45, 7) is 0.0784. The van der Waals surface area contributed by atoms with E-state index in [9.17, 15) is 14.4 Å². The SMILES string of the molecule is COc1ccc(OC)c(COC(=O)CCN2C(=O)[C@H]3CC=CC[C@H]3C2=O)c1. The maximum Gasteiger partial charge on any atom is 0.307 e. The van der Waals surface area contributed by atoms with E-state index in [-0.39, 0.29) is 43.2 Å². The highest BCUT2D eigenvalue weighted by Crippen LogP contribution is 2.35. The van der Waals surface area contributed by atoms with E-state index >= 15 is 0 Å². The number of rotatable bonds is 7. The summed E-state index contributed by atoms with van der Waals surface area (Å²) in [6.07, 6.45) is 5.02. The molecule has 2 aliphatic rings. The number of likely N-dealkylation sites (tertiary alicyclic amines) is 1. The van der Waals surface area contributed by atoms with E-state index in [0.29, 0.717) is 29.9 Å². The predicted octanol–water partition coefficient (Wildman–Crippen LogP) is 2.09. The van der Waals surface area contributed by atoms with Gasteiger partial charge in [-0.1, -0.05) is 12.2 Å². The van der Waals surface area contributed by atoms with Crippen LogP contribution in [0.3, 0.4) is 0 Å². The molecule has 1 heterocycles. The van der Waals surface area contributed by atoms with Crippen LogP contribution in [-0.4, -0.2) is 43.4 Å². The summed E-state index contributed by atoms with van der Waals surface area (Å²) >= 11 is 0. The van der Waals surface area contributed by atoms with Crippen LogP contribution in [0.15, 0.2) is 30.4 Å². The zero-order valence-corrected chi connectivity index (χ0v) is 15.5. The van der Waals surface area contributed by atoms with Gasteiger partial charge in [-0.05, 0) is 31.0 Å². The lowest BCUT2D eigenvalue weighted by atomic mass is 9.85. The minimum atomic E-state index is -0.478. The Hall–Kier alpha value is -2.83. The lowest BCUT2D eigenvalue weighted by Crippen LogP contribution is -2.33. The first-order chi connectivity index (χ1) is 13.0. The number of hydrogen-bond acceptors (Lipinski definition) is 6. The van der Waals surface area contributed by atoms with Gasteiger partial charge in [-0.2, -0.15) is 0 Å². The van der Waals surface area contributed by atoms with Crippen LogP contribution in [0.25, 0.3) is 0 Å². The maximum atomic E-state index is 12.4. The molecule has 1 aromatic carbocycles. The Balaban J connectivity index is 1.53. The van der Waals surface area contributed by atoms with Gasteiger partial charge in [0.1, 0.15) is 18.1 Å². The molecule has 0 saturated carbocycles. The van der Waals surface area contributed by atoms with Gasteiger partial charge < -0.3 is 14.2 Å². The first-order valence-electron chi connectivity index (χ1n) is 8.92. The van der Waals surface area contributed by atoms with E-state index in [0.717, 1.165) is 0 Å². The van der Waals surface area contributed by atoms with E-state index in [1.807, 2.05) is 12.2 Å². The van der Waals surface area contributed by atoms with Crippen LogP contribution in [0.5, 0.6) is 11.5 Å². The van der Waals surface area contributed by atoms with Gasteiger partial charge in [0.25, 0.3) is 0 Å². The number of methoxy groups -OCH3 is 2. The molecule has 7 nitrogen and oxygen atoms in total. The smallest absolute Gasteiger partial charge is 0.307 e. The Kier molecular flexibility index (Phi) is 5.78. The molecular weight excluding hydrogens is 350 g/mol. The van der Waals surface area contributed by atoms with Crippen molar-refractivity contribution >= 4 is 17.8 Å². The van der Waals surface area contributed by atoms with Gasteiger partial charge in [0.2, 0.25) is 11.8 Å². The second kappa shape index (κ2) is 8.24. The van der Waals surface area contributed by atoms with Crippen molar-refractivity contribution < 1.29 is 28.6 Å². The molecule has 2 atom stereocenters. The van der Waals surface area contributed by atoms with E-state index < -0.39 is 5.97 Å². The van der Waals surface area contributed by atoms with Crippen LogP contribution in [-0.2, 0) is 25.7 Å². The topological polar surface area (TPSA) is 82.1 Å². The zero-order chi connectivity index (χ0) is 19.4. The normalized spacial score (nSPS) is 21.2. The molecule has 1 aromatic rings. The van der Waals surface area contributed by atoms with Crippen molar-refractivity contribution in [3.8, 4) is 11.5 Å².